The number of hydrogen-bond acceptors (Lipinski definition) is 5. The molecule has 6 rings (SSSR count). The SMILES string of the molecule is Cc1ccccc1N1C[C@H](C(=O)Oc2ccc(N3C(=O)[C@@H]4[C@H]5CC[C@@H](C5)[C@@H]4C3=O)cc2)CC1=O. The Balaban J connectivity index is 1.13. The van der Waals surface area contributed by atoms with E-state index < -0.39 is 11.9 Å². The van der Waals surface area contributed by atoms with Crippen molar-refractivity contribution in [3.8, 4) is 5.75 Å². The van der Waals surface area contributed by atoms with Crippen molar-refractivity contribution in [2.45, 2.75) is 32.6 Å². The van der Waals surface area contributed by atoms with Crippen molar-refractivity contribution < 1.29 is 23.9 Å². The zero-order chi connectivity index (χ0) is 23.6. The van der Waals surface area contributed by atoms with Crippen LogP contribution in [0.3, 0.4) is 0 Å². The van der Waals surface area contributed by atoms with E-state index in [2.05, 4.69) is 0 Å². The highest BCUT2D eigenvalue weighted by Crippen LogP contribution is 2.56. The molecule has 2 aromatic rings. The molecule has 2 aliphatic heterocycles. The average Bonchev–Trinajstić information content (AvgIpc) is 3.59. The van der Waals surface area contributed by atoms with Crippen molar-refractivity contribution in [3.05, 3.63) is 54.1 Å². The molecule has 0 aromatic heterocycles. The van der Waals surface area contributed by atoms with Crippen LogP contribution in [-0.4, -0.2) is 30.2 Å². The third-order valence-corrected chi connectivity index (χ3v) is 8.11. The van der Waals surface area contributed by atoms with Gasteiger partial charge in [0.2, 0.25) is 17.7 Å². The number of para-hydroxylation sites is 1. The Morgan fingerprint density at radius 1 is 0.912 bits per heavy atom. The zero-order valence-electron chi connectivity index (χ0n) is 19.0. The number of hydrogen-bond donors (Lipinski definition) is 0. The lowest BCUT2D eigenvalue weighted by molar-refractivity contribution is -0.139. The number of nitrogens with zero attached hydrogens (tertiary/aromatic N) is 2. The lowest BCUT2D eigenvalue weighted by Crippen LogP contribution is -2.32. The van der Waals surface area contributed by atoms with Crippen LogP contribution in [-0.2, 0) is 19.2 Å². The van der Waals surface area contributed by atoms with E-state index in [0.717, 1.165) is 30.5 Å². The molecule has 7 nitrogen and oxygen atoms in total. The third kappa shape index (κ3) is 3.17. The highest BCUT2D eigenvalue weighted by atomic mass is 16.5. The van der Waals surface area contributed by atoms with E-state index in [9.17, 15) is 19.2 Å². The molecule has 4 aliphatic rings. The number of carbonyl (C=O) groups excluding carboxylic acids is 4. The molecule has 4 fully saturated rings. The number of benzene rings is 2. The van der Waals surface area contributed by atoms with Crippen LogP contribution < -0.4 is 14.5 Å². The maximum atomic E-state index is 13.0. The Morgan fingerprint density at radius 3 is 2.21 bits per heavy atom. The van der Waals surface area contributed by atoms with Crippen molar-refractivity contribution in [3.63, 3.8) is 0 Å². The van der Waals surface area contributed by atoms with Crippen molar-refractivity contribution in [2.75, 3.05) is 16.3 Å². The summed E-state index contributed by atoms with van der Waals surface area (Å²) < 4.78 is 5.54. The van der Waals surface area contributed by atoms with Gasteiger partial charge >= 0.3 is 5.97 Å². The summed E-state index contributed by atoms with van der Waals surface area (Å²) in [7, 11) is 0. The minimum atomic E-state index is -0.552. The number of fused-ring (bicyclic) bond motifs is 5. The molecule has 2 heterocycles. The molecule has 174 valence electrons. The normalized spacial score (nSPS) is 29.8. The highest BCUT2D eigenvalue weighted by Gasteiger charge is 2.61. The summed E-state index contributed by atoms with van der Waals surface area (Å²) in [5.74, 6) is -0.623. The zero-order valence-corrected chi connectivity index (χ0v) is 19.0. The van der Waals surface area contributed by atoms with Gasteiger partial charge in [0, 0.05) is 18.7 Å². The van der Waals surface area contributed by atoms with Crippen LogP contribution in [0.15, 0.2) is 48.5 Å². The smallest absolute Gasteiger partial charge is 0.316 e. The Labute approximate surface area is 197 Å². The monoisotopic (exact) mass is 458 g/mol. The average molecular weight is 459 g/mol. The summed E-state index contributed by atoms with van der Waals surface area (Å²) in [5.41, 5.74) is 2.30. The number of imide groups is 1. The summed E-state index contributed by atoms with van der Waals surface area (Å²) in [6.45, 7) is 2.21. The number of esters is 1. The molecule has 2 aromatic carbocycles. The first kappa shape index (κ1) is 21.1. The van der Waals surface area contributed by atoms with Crippen LogP contribution >= 0.6 is 0 Å². The Kier molecular flexibility index (Phi) is 4.83. The van der Waals surface area contributed by atoms with Gasteiger partial charge in [0.25, 0.3) is 0 Å². The largest absolute Gasteiger partial charge is 0.426 e. The number of rotatable bonds is 4. The predicted molar refractivity (Wildman–Crippen MR) is 124 cm³/mol. The minimum Gasteiger partial charge on any atom is -0.426 e. The van der Waals surface area contributed by atoms with E-state index in [-0.39, 0.29) is 42.5 Å². The Hall–Kier alpha value is -3.48. The van der Waals surface area contributed by atoms with E-state index >= 15 is 0 Å². The molecular weight excluding hydrogens is 432 g/mol. The van der Waals surface area contributed by atoms with Gasteiger partial charge in [0.1, 0.15) is 5.75 Å². The first-order valence-electron chi connectivity index (χ1n) is 12.0. The molecule has 0 unspecified atom stereocenters. The molecular formula is C27H26N2O5. The molecule has 2 bridgehead atoms. The standard InChI is InChI=1S/C27H26N2O5/c1-15-4-2-3-5-21(15)28-14-18(13-22(28)30)27(33)34-20-10-8-19(9-11-20)29-25(31)23-16-6-7-17(12-16)24(23)26(29)32/h2-5,8-11,16-18,23-24H,6-7,12-14H2,1H3/t16-,17-,18+,23-,24+/m0/s1. The molecule has 0 N–H and O–H groups in total. The number of anilines is 2. The van der Waals surface area contributed by atoms with Crippen LogP contribution in [0.4, 0.5) is 11.4 Å². The molecule has 0 radical (unpaired) electrons. The van der Waals surface area contributed by atoms with Crippen molar-refractivity contribution in [2.24, 2.45) is 29.6 Å². The summed E-state index contributed by atoms with van der Waals surface area (Å²) in [5, 5.41) is 0. The number of ether oxygens (including phenoxy) is 1. The van der Waals surface area contributed by atoms with Crippen LogP contribution in [0.2, 0.25) is 0 Å². The van der Waals surface area contributed by atoms with Crippen molar-refractivity contribution in [1.29, 1.82) is 0 Å². The second kappa shape index (κ2) is 7.79. The summed E-state index contributed by atoms with van der Waals surface area (Å²) in [4.78, 5) is 54.3. The van der Waals surface area contributed by atoms with E-state index in [1.54, 1.807) is 29.2 Å². The number of carbonyl (C=O) groups is 4. The second-order valence-corrected chi connectivity index (χ2v) is 10.0. The fourth-order valence-corrected chi connectivity index (χ4v) is 6.49. The maximum absolute atomic E-state index is 13.0. The van der Waals surface area contributed by atoms with Gasteiger partial charge in [0.15, 0.2) is 0 Å². The third-order valence-electron chi connectivity index (χ3n) is 8.11. The van der Waals surface area contributed by atoms with E-state index in [1.807, 2.05) is 31.2 Å². The van der Waals surface area contributed by atoms with Crippen molar-refractivity contribution in [1.82, 2.24) is 0 Å². The highest BCUT2D eigenvalue weighted by molar-refractivity contribution is 6.22. The van der Waals surface area contributed by atoms with Gasteiger partial charge in [-0.1, -0.05) is 18.2 Å². The van der Waals surface area contributed by atoms with E-state index in [1.165, 1.54) is 4.90 Å². The van der Waals surface area contributed by atoms with Gasteiger partial charge in [-0.15, -0.1) is 0 Å². The predicted octanol–water partition coefficient (Wildman–Crippen LogP) is 3.49. The van der Waals surface area contributed by atoms with E-state index in [0.29, 0.717) is 23.3 Å². The molecule has 2 saturated carbocycles. The molecule has 5 atom stereocenters. The first-order valence-corrected chi connectivity index (χ1v) is 12.0. The Morgan fingerprint density at radius 2 is 1.56 bits per heavy atom. The number of amides is 3. The quantitative estimate of drug-likeness (QED) is 0.398. The Bertz CT molecular complexity index is 1180. The molecule has 2 saturated heterocycles. The van der Waals surface area contributed by atoms with Crippen LogP contribution in [0.5, 0.6) is 5.75 Å². The number of aryl methyl sites for hydroxylation is 1. The fourth-order valence-electron chi connectivity index (χ4n) is 6.49. The molecule has 7 heteroatoms. The van der Waals surface area contributed by atoms with Gasteiger partial charge in [-0.25, -0.2) is 0 Å². The summed E-state index contributed by atoms with van der Waals surface area (Å²) in [6, 6.07) is 14.1. The van der Waals surface area contributed by atoms with Gasteiger partial charge < -0.3 is 9.64 Å². The molecule has 3 amide bonds. The van der Waals surface area contributed by atoms with Crippen LogP contribution in [0.1, 0.15) is 31.2 Å². The topological polar surface area (TPSA) is 84.0 Å². The van der Waals surface area contributed by atoms with Crippen molar-refractivity contribution >= 4 is 35.1 Å². The second-order valence-electron chi connectivity index (χ2n) is 10.0. The van der Waals surface area contributed by atoms with Crippen LogP contribution in [0.25, 0.3) is 0 Å². The fraction of sp³-hybridized carbons (Fsp3) is 0.407. The first-order chi connectivity index (χ1) is 16.4. The van der Waals surface area contributed by atoms with Crippen LogP contribution in [0, 0.1) is 36.5 Å². The molecule has 34 heavy (non-hydrogen) atoms. The maximum Gasteiger partial charge on any atom is 0.316 e. The molecule has 2 aliphatic carbocycles. The van der Waals surface area contributed by atoms with Gasteiger partial charge in [-0.2, -0.15) is 0 Å². The lowest BCUT2D eigenvalue weighted by atomic mass is 9.81. The van der Waals surface area contributed by atoms with Gasteiger partial charge in [0.05, 0.1) is 23.4 Å². The van der Waals surface area contributed by atoms with E-state index in [4.69, 9.17) is 4.74 Å². The summed E-state index contributed by atoms with van der Waals surface area (Å²) >= 11 is 0. The van der Waals surface area contributed by atoms with Gasteiger partial charge in [-0.05, 0) is 73.9 Å². The lowest BCUT2D eigenvalue weighted by Gasteiger charge is -2.19. The molecule has 0 spiro atoms. The summed E-state index contributed by atoms with van der Waals surface area (Å²) in [6.07, 6.45) is 3.19. The van der Waals surface area contributed by atoms with Gasteiger partial charge in [-0.3, -0.25) is 24.1 Å². The minimum absolute atomic E-state index is 0.0901.